The van der Waals surface area contributed by atoms with Crippen molar-refractivity contribution >= 4 is 32.7 Å². The molecule has 7 rings (SSSR count). The number of rotatable bonds is 3. The maximum absolute atomic E-state index is 4.87. The Bertz CT molecular complexity index is 1780. The van der Waals surface area contributed by atoms with E-state index in [2.05, 4.69) is 111 Å². The van der Waals surface area contributed by atoms with Crippen LogP contribution in [0.1, 0.15) is 0 Å². The molecule has 0 saturated carbocycles. The minimum Gasteiger partial charge on any atom is -0.316 e. The fourth-order valence-corrected chi connectivity index (χ4v) is 4.95. The number of pyridine rings is 2. The Hall–Kier alpha value is -4.70. The van der Waals surface area contributed by atoms with E-state index >= 15 is 0 Å². The van der Waals surface area contributed by atoms with Crippen LogP contribution in [0.4, 0.5) is 0 Å². The largest absolute Gasteiger partial charge is 0.316 e. The van der Waals surface area contributed by atoms with Crippen LogP contribution in [0.3, 0.4) is 0 Å². The molecule has 0 fully saturated rings. The molecular formula is C30H20N4. The first kappa shape index (κ1) is 18.8. The zero-order valence-corrected chi connectivity index (χ0v) is 18.3. The van der Waals surface area contributed by atoms with Gasteiger partial charge in [-0.05, 0) is 48.5 Å². The van der Waals surface area contributed by atoms with Crippen LogP contribution in [0.2, 0.25) is 0 Å². The van der Waals surface area contributed by atoms with Crippen LogP contribution < -0.4 is 0 Å². The Balaban J connectivity index is 1.52. The fraction of sp³-hybridized carbons (Fsp3) is 0. The van der Waals surface area contributed by atoms with Crippen LogP contribution in [0, 0.1) is 0 Å². The normalized spacial score (nSPS) is 11.5. The van der Waals surface area contributed by atoms with Gasteiger partial charge in [-0.3, -0.25) is 9.55 Å². The van der Waals surface area contributed by atoms with Crippen molar-refractivity contribution in [1.29, 1.82) is 0 Å². The van der Waals surface area contributed by atoms with E-state index in [1.165, 1.54) is 21.7 Å². The van der Waals surface area contributed by atoms with E-state index in [-0.39, 0.29) is 0 Å². The lowest BCUT2D eigenvalue weighted by molar-refractivity contribution is 1.08. The van der Waals surface area contributed by atoms with Gasteiger partial charge in [-0.1, -0.05) is 48.5 Å². The summed E-state index contributed by atoms with van der Waals surface area (Å²) in [4.78, 5) is 9.11. The summed E-state index contributed by atoms with van der Waals surface area (Å²) < 4.78 is 4.55. The molecule has 0 N–H and O–H groups in total. The average molecular weight is 437 g/mol. The van der Waals surface area contributed by atoms with Gasteiger partial charge in [0.05, 0.1) is 16.6 Å². The van der Waals surface area contributed by atoms with Crippen molar-refractivity contribution in [3.8, 4) is 22.6 Å². The summed E-state index contributed by atoms with van der Waals surface area (Å²) in [5.74, 6) is 0.899. The van der Waals surface area contributed by atoms with E-state index in [1.807, 2.05) is 18.5 Å². The number of aromatic nitrogens is 4. The third kappa shape index (κ3) is 2.79. The molecule has 0 bridgehead atoms. The number of hydrogen-bond donors (Lipinski definition) is 0. The van der Waals surface area contributed by atoms with Crippen molar-refractivity contribution in [1.82, 2.24) is 19.1 Å². The summed E-state index contributed by atoms with van der Waals surface area (Å²) >= 11 is 0. The standard InChI is InChI=1S/C30H20N4/c1-2-8-24(9-3-1)33-18-16-21-12-14-27-29(30(21)33)25-10-4-5-11-26(25)34(27)28-15-13-23(20-32-28)22-7-6-17-31-19-22/h1-20H. The maximum atomic E-state index is 4.87. The zero-order valence-electron chi connectivity index (χ0n) is 18.3. The number of benzene rings is 3. The number of nitrogens with zero attached hydrogens (tertiary/aromatic N) is 4. The first-order chi connectivity index (χ1) is 16.9. The van der Waals surface area contributed by atoms with Crippen molar-refractivity contribution in [3.05, 3.63) is 122 Å². The van der Waals surface area contributed by atoms with Gasteiger partial charge in [-0.2, -0.15) is 0 Å². The highest BCUT2D eigenvalue weighted by atomic mass is 15.1. The van der Waals surface area contributed by atoms with E-state index in [4.69, 9.17) is 4.98 Å². The summed E-state index contributed by atoms with van der Waals surface area (Å²) in [5, 5.41) is 3.68. The lowest BCUT2D eigenvalue weighted by atomic mass is 10.1. The van der Waals surface area contributed by atoms with Crippen molar-refractivity contribution in [2.45, 2.75) is 0 Å². The highest BCUT2D eigenvalue weighted by Crippen LogP contribution is 2.37. The maximum Gasteiger partial charge on any atom is 0.137 e. The van der Waals surface area contributed by atoms with Crippen LogP contribution in [0.25, 0.3) is 55.3 Å². The molecule has 0 atom stereocenters. The molecule has 0 aliphatic heterocycles. The molecule has 160 valence electrons. The molecule has 0 aliphatic carbocycles. The Morgan fingerprint density at radius 3 is 2.29 bits per heavy atom. The quantitative estimate of drug-likeness (QED) is 0.294. The van der Waals surface area contributed by atoms with E-state index in [0.717, 1.165) is 33.7 Å². The van der Waals surface area contributed by atoms with Gasteiger partial charge in [0, 0.05) is 57.8 Å². The predicted molar refractivity (Wildman–Crippen MR) is 139 cm³/mol. The van der Waals surface area contributed by atoms with Gasteiger partial charge in [0.15, 0.2) is 0 Å². The van der Waals surface area contributed by atoms with Gasteiger partial charge in [0.25, 0.3) is 0 Å². The van der Waals surface area contributed by atoms with Gasteiger partial charge < -0.3 is 4.57 Å². The summed E-state index contributed by atoms with van der Waals surface area (Å²) in [6.45, 7) is 0. The molecule has 0 amide bonds. The third-order valence-corrected chi connectivity index (χ3v) is 6.49. The molecule has 0 spiro atoms. The van der Waals surface area contributed by atoms with E-state index < -0.39 is 0 Å². The van der Waals surface area contributed by atoms with E-state index in [0.29, 0.717) is 0 Å². The van der Waals surface area contributed by atoms with Crippen LogP contribution in [0.5, 0.6) is 0 Å². The first-order valence-electron chi connectivity index (χ1n) is 11.3. The van der Waals surface area contributed by atoms with Crippen LogP contribution >= 0.6 is 0 Å². The molecule has 7 aromatic rings. The molecule has 0 saturated heterocycles. The van der Waals surface area contributed by atoms with Gasteiger partial charge in [0.2, 0.25) is 0 Å². The molecule has 4 heterocycles. The second-order valence-electron chi connectivity index (χ2n) is 8.42. The lowest BCUT2D eigenvalue weighted by Gasteiger charge is -2.09. The molecular weight excluding hydrogens is 416 g/mol. The van der Waals surface area contributed by atoms with Gasteiger partial charge >= 0.3 is 0 Å². The van der Waals surface area contributed by atoms with E-state index in [1.54, 1.807) is 6.20 Å². The van der Waals surface area contributed by atoms with Crippen molar-refractivity contribution in [3.63, 3.8) is 0 Å². The Kier molecular flexibility index (Phi) is 4.11. The number of hydrogen-bond acceptors (Lipinski definition) is 2. The molecule has 4 aromatic heterocycles. The molecule has 0 unspecified atom stereocenters. The van der Waals surface area contributed by atoms with Crippen molar-refractivity contribution in [2.75, 3.05) is 0 Å². The minimum atomic E-state index is 0.899. The van der Waals surface area contributed by atoms with E-state index in [9.17, 15) is 0 Å². The molecule has 4 heteroatoms. The topological polar surface area (TPSA) is 35.6 Å². The SMILES string of the molecule is c1ccc(-n2ccc3ccc4c(c5ccccc5n4-c4ccc(-c5cccnc5)cn4)c32)cc1. The highest BCUT2D eigenvalue weighted by molar-refractivity contribution is 6.20. The third-order valence-electron chi connectivity index (χ3n) is 6.49. The van der Waals surface area contributed by atoms with Crippen molar-refractivity contribution < 1.29 is 0 Å². The summed E-state index contributed by atoms with van der Waals surface area (Å²) in [6, 6.07) is 33.9. The Morgan fingerprint density at radius 2 is 1.47 bits per heavy atom. The lowest BCUT2D eigenvalue weighted by Crippen LogP contribution is -1.97. The average Bonchev–Trinajstić information content (AvgIpc) is 3.49. The monoisotopic (exact) mass is 436 g/mol. The van der Waals surface area contributed by atoms with Crippen molar-refractivity contribution in [2.24, 2.45) is 0 Å². The first-order valence-corrected chi connectivity index (χ1v) is 11.3. The zero-order chi connectivity index (χ0) is 22.5. The Morgan fingerprint density at radius 1 is 0.618 bits per heavy atom. The summed E-state index contributed by atoms with van der Waals surface area (Å²) in [7, 11) is 0. The van der Waals surface area contributed by atoms with Crippen LogP contribution in [0.15, 0.2) is 122 Å². The second kappa shape index (κ2) is 7.42. The smallest absolute Gasteiger partial charge is 0.137 e. The minimum absolute atomic E-state index is 0.899. The number of para-hydroxylation sites is 2. The van der Waals surface area contributed by atoms with Gasteiger partial charge in [-0.25, -0.2) is 4.98 Å². The summed E-state index contributed by atoms with van der Waals surface area (Å²) in [5.41, 5.74) is 6.77. The fourth-order valence-electron chi connectivity index (χ4n) is 4.95. The summed E-state index contributed by atoms with van der Waals surface area (Å²) in [6.07, 6.45) is 7.74. The molecule has 0 aliphatic rings. The van der Waals surface area contributed by atoms with Crippen LogP contribution in [-0.2, 0) is 0 Å². The Labute approximate surface area is 196 Å². The highest BCUT2D eigenvalue weighted by Gasteiger charge is 2.17. The second-order valence-corrected chi connectivity index (χ2v) is 8.42. The van der Waals surface area contributed by atoms with Gasteiger partial charge in [-0.15, -0.1) is 0 Å². The molecule has 3 aromatic carbocycles. The van der Waals surface area contributed by atoms with Gasteiger partial charge in [0.1, 0.15) is 5.82 Å². The molecule has 0 radical (unpaired) electrons. The molecule has 34 heavy (non-hydrogen) atoms. The number of fused-ring (bicyclic) bond motifs is 5. The molecule has 4 nitrogen and oxygen atoms in total. The predicted octanol–water partition coefficient (Wildman–Crippen LogP) is 7.18. The van der Waals surface area contributed by atoms with Crippen LogP contribution in [-0.4, -0.2) is 19.1 Å².